The molecule has 0 amide bonds. The maximum absolute atomic E-state index is 8.48. The quantitative estimate of drug-likeness (QED) is 0.0511. The van der Waals surface area contributed by atoms with E-state index in [1.165, 1.54) is 0 Å². The molecular formula is C39H101N3O18Ti3. The Balaban J connectivity index is -0.0000000410. The van der Waals surface area contributed by atoms with E-state index in [1.807, 2.05) is 0 Å². The van der Waals surface area contributed by atoms with Crippen LogP contribution < -0.4 is 0 Å². The first-order valence-electron chi connectivity index (χ1n) is 20.4. The van der Waals surface area contributed by atoms with Crippen molar-refractivity contribution in [2.24, 2.45) is 0 Å². The second kappa shape index (κ2) is 93.4. The van der Waals surface area contributed by atoms with Gasteiger partial charge in [-0.15, -0.1) is 0 Å². The second-order valence-electron chi connectivity index (χ2n) is 13.6. The Bertz CT molecular complexity index is 486. The number of rotatable bonds is 20. The largest absolute Gasteiger partial charge is 0.395 e. The summed E-state index contributed by atoms with van der Waals surface area (Å²) in [7, 11) is 0. The summed E-state index contributed by atoms with van der Waals surface area (Å²) in [5.74, 6) is 0. The minimum Gasteiger partial charge on any atom is -0.395 e. The molecule has 0 heterocycles. The molecular weight excluding hydrogens is 942 g/mol. The van der Waals surface area contributed by atoms with E-state index < -0.39 is 6.10 Å². The van der Waals surface area contributed by atoms with E-state index in [0.717, 1.165) is 0 Å². The van der Waals surface area contributed by atoms with Crippen molar-refractivity contribution in [1.82, 2.24) is 14.7 Å². The van der Waals surface area contributed by atoms with Gasteiger partial charge in [0.25, 0.3) is 0 Å². The molecule has 0 aliphatic rings. The Kier molecular flexibility index (Phi) is 145. The topological polar surface area (TPSA) is 374 Å². The monoisotopic (exact) mass is 1040 g/mol. The summed E-state index contributed by atoms with van der Waals surface area (Å²) in [6.07, 6.45) is -1.95. The first kappa shape index (κ1) is 97.9. The number of aliphatic hydroxyl groups is 18. The van der Waals surface area contributed by atoms with Gasteiger partial charge in [-0.25, -0.2) is 0 Å². The molecule has 0 radical (unpaired) electrons. The van der Waals surface area contributed by atoms with Gasteiger partial charge in [-0.05, 0) is 83.1 Å². The van der Waals surface area contributed by atoms with Crippen LogP contribution in [0.1, 0.15) is 83.1 Å². The van der Waals surface area contributed by atoms with Gasteiger partial charge in [0.15, 0.2) is 0 Å². The molecule has 0 aliphatic carbocycles. The second-order valence-corrected chi connectivity index (χ2v) is 13.6. The summed E-state index contributed by atoms with van der Waals surface area (Å²) in [5, 5.41) is 149. The molecule has 0 unspecified atom stereocenters. The van der Waals surface area contributed by atoms with Gasteiger partial charge in [0, 0.05) is 161 Å². The standard InChI is InChI=1S/3C6H15NO3.C3H8O3.6C3H8O.3Ti/c3*8-4-1-7(2-5-9)3-6-10;4-1-3(6)2-5;6*1-3(2)4;;;/h3*8-10H,1-6H2;3-6H,1-2H2;6*3-4H,1-2H3;;;. The third-order valence-electron chi connectivity index (χ3n) is 4.17. The number of nitrogens with zero attached hydrogens (tertiary/aromatic N) is 3. The smallest absolute Gasteiger partial charge is 0.100 e. The van der Waals surface area contributed by atoms with E-state index in [-0.39, 0.29) is 174 Å². The van der Waals surface area contributed by atoms with Crippen LogP contribution in [0.5, 0.6) is 0 Å². The fourth-order valence-corrected chi connectivity index (χ4v) is 2.34. The van der Waals surface area contributed by atoms with Crippen LogP contribution >= 0.6 is 0 Å². The summed E-state index contributed by atoms with van der Waals surface area (Å²) in [6.45, 7) is 25.2. The summed E-state index contributed by atoms with van der Waals surface area (Å²) < 4.78 is 0. The van der Waals surface area contributed by atoms with E-state index in [0.29, 0.717) is 58.9 Å². The molecule has 63 heavy (non-hydrogen) atoms. The summed E-state index contributed by atoms with van der Waals surface area (Å²) >= 11 is 0. The first-order chi connectivity index (χ1) is 27.7. The van der Waals surface area contributed by atoms with Crippen LogP contribution in [0.3, 0.4) is 0 Å². The fourth-order valence-electron chi connectivity index (χ4n) is 2.34. The molecule has 0 rings (SSSR count). The Labute approximate surface area is 426 Å². The number of hydrogen-bond donors (Lipinski definition) is 18. The van der Waals surface area contributed by atoms with Crippen LogP contribution in [0.4, 0.5) is 0 Å². The Hall–Kier alpha value is 1.30. The van der Waals surface area contributed by atoms with Gasteiger partial charge >= 0.3 is 0 Å². The normalized spacial score (nSPS) is 9.52. The van der Waals surface area contributed by atoms with E-state index >= 15 is 0 Å². The Morgan fingerprint density at radius 3 is 0.349 bits per heavy atom. The zero-order valence-corrected chi connectivity index (χ0v) is 45.8. The molecule has 0 aromatic rings. The molecule has 0 aromatic carbocycles. The van der Waals surface area contributed by atoms with Crippen molar-refractivity contribution in [1.29, 1.82) is 0 Å². The predicted molar refractivity (Wildman–Crippen MR) is 237 cm³/mol. The van der Waals surface area contributed by atoms with Gasteiger partial charge in [-0.1, -0.05) is 0 Å². The van der Waals surface area contributed by atoms with Gasteiger partial charge < -0.3 is 91.9 Å². The fraction of sp³-hybridized carbons (Fsp3) is 1.00. The molecule has 0 fully saturated rings. The minimum atomic E-state index is -0.954. The maximum Gasteiger partial charge on any atom is 0.100 e. The zero-order chi connectivity index (χ0) is 49.9. The van der Waals surface area contributed by atoms with Gasteiger partial charge in [0.05, 0.1) is 72.7 Å². The van der Waals surface area contributed by atoms with Gasteiger partial charge in [-0.2, -0.15) is 0 Å². The summed E-state index contributed by atoms with van der Waals surface area (Å²) in [4.78, 5) is 5.38. The van der Waals surface area contributed by atoms with Crippen molar-refractivity contribution in [2.75, 3.05) is 132 Å². The van der Waals surface area contributed by atoms with Crippen molar-refractivity contribution in [3.05, 3.63) is 0 Å². The SMILES string of the molecule is CC(C)O.CC(C)O.CC(C)O.CC(C)O.CC(C)O.CC(C)O.OCC(O)CO.OCCN(CCO)CCO.OCCN(CCO)CCO.OCCN(CCO)CCO.[Ti].[Ti].[Ti]. The Morgan fingerprint density at radius 2 is 0.317 bits per heavy atom. The molecule has 0 spiro atoms. The molecule has 0 saturated carbocycles. The van der Waals surface area contributed by atoms with E-state index in [2.05, 4.69) is 0 Å². The van der Waals surface area contributed by atoms with Crippen molar-refractivity contribution in [2.45, 2.75) is 126 Å². The molecule has 0 saturated heterocycles. The summed E-state index contributed by atoms with van der Waals surface area (Å²) in [5.41, 5.74) is 0. The third-order valence-corrected chi connectivity index (χ3v) is 4.17. The molecule has 0 aromatic heterocycles. The van der Waals surface area contributed by atoms with Crippen molar-refractivity contribution in [3.63, 3.8) is 0 Å². The van der Waals surface area contributed by atoms with Gasteiger partial charge in [0.1, 0.15) is 6.10 Å². The molecule has 21 nitrogen and oxygen atoms in total. The molecule has 0 atom stereocenters. The van der Waals surface area contributed by atoms with E-state index in [1.54, 1.807) is 97.8 Å². The molecule has 18 N–H and O–H groups in total. The van der Waals surface area contributed by atoms with Gasteiger partial charge in [0.2, 0.25) is 0 Å². The third kappa shape index (κ3) is 228. The van der Waals surface area contributed by atoms with Crippen LogP contribution in [-0.2, 0) is 65.2 Å². The average molecular weight is 1040 g/mol. The van der Waals surface area contributed by atoms with Crippen molar-refractivity contribution in [3.8, 4) is 0 Å². The van der Waals surface area contributed by atoms with Crippen LogP contribution in [0.2, 0.25) is 0 Å². The van der Waals surface area contributed by atoms with Crippen LogP contribution in [0, 0.1) is 0 Å². The molecule has 24 heteroatoms. The first-order valence-corrected chi connectivity index (χ1v) is 20.4. The minimum absolute atomic E-state index is 0. The molecule has 0 aliphatic heterocycles. The average Bonchev–Trinajstić information content (AvgIpc) is 3.08. The van der Waals surface area contributed by atoms with Crippen LogP contribution in [-0.4, -0.2) is 281 Å². The summed E-state index contributed by atoms with van der Waals surface area (Å²) in [6, 6.07) is 0. The van der Waals surface area contributed by atoms with E-state index in [4.69, 9.17) is 91.9 Å². The van der Waals surface area contributed by atoms with Crippen LogP contribution in [0.15, 0.2) is 0 Å². The predicted octanol–water partition coefficient (Wildman–Crippen LogP) is -4.56. The zero-order valence-electron chi connectivity index (χ0n) is 41.1. The maximum atomic E-state index is 8.48. The number of hydrogen-bond acceptors (Lipinski definition) is 21. The Morgan fingerprint density at radius 1 is 0.238 bits per heavy atom. The van der Waals surface area contributed by atoms with Crippen molar-refractivity contribution < 1.29 is 157 Å². The van der Waals surface area contributed by atoms with Crippen molar-refractivity contribution >= 4 is 0 Å². The van der Waals surface area contributed by atoms with E-state index in [9.17, 15) is 0 Å². The molecule has 392 valence electrons. The van der Waals surface area contributed by atoms with Gasteiger partial charge in [-0.3, -0.25) is 14.7 Å². The number of aliphatic hydroxyl groups excluding tert-OH is 18. The molecule has 0 bridgehead atoms. The van der Waals surface area contributed by atoms with Crippen LogP contribution in [0.25, 0.3) is 0 Å².